The summed E-state index contributed by atoms with van der Waals surface area (Å²) in [6.45, 7) is 0. The standard InChI is InChI=1S/C10H6Cl2N4O2/c11-7-3-6(4-8(12)14-7)10-13-5-16(15-10)2-1-9(17)18/h1-5H,(H,17,18). The van der Waals surface area contributed by atoms with Crippen molar-refractivity contribution in [2.24, 2.45) is 0 Å². The van der Waals surface area contributed by atoms with Gasteiger partial charge in [-0.3, -0.25) is 0 Å². The smallest absolute Gasteiger partial charge is 0.329 e. The number of nitrogens with zero attached hydrogens (tertiary/aromatic N) is 4. The van der Waals surface area contributed by atoms with E-state index >= 15 is 0 Å². The highest BCUT2D eigenvalue weighted by molar-refractivity contribution is 6.32. The molecule has 0 aliphatic heterocycles. The molecular weight excluding hydrogens is 279 g/mol. The molecule has 0 saturated heterocycles. The zero-order valence-electron chi connectivity index (χ0n) is 8.79. The van der Waals surface area contributed by atoms with Crippen molar-refractivity contribution in [3.63, 3.8) is 0 Å². The minimum atomic E-state index is -1.07. The third-order valence-corrected chi connectivity index (χ3v) is 2.29. The minimum absolute atomic E-state index is 0.231. The molecule has 0 fully saturated rings. The number of hydrogen-bond donors (Lipinski definition) is 1. The SMILES string of the molecule is O=C(O)C=Cn1cnc(-c2cc(Cl)nc(Cl)c2)n1. The number of pyridine rings is 1. The number of carboxylic acid groups (broad SMARTS) is 1. The molecule has 0 aromatic carbocycles. The van der Waals surface area contributed by atoms with E-state index in [1.54, 1.807) is 12.1 Å². The van der Waals surface area contributed by atoms with Crippen molar-refractivity contribution in [3.8, 4) is 11.4 Å². The molecule has 0 radical (unpaired) electrons. The highest BCUT2D eigenvalue weighted by Crippen LogP contribution is 2.21. The van der Waals surface area contributed by atoms with Gasteiger partial charge >= 0.3 is 5.97 Å². The summed E-state index contributed by atoms with van der Waals surface area (Å²) in [6, 6.07) is 3.13. The number of aromatic nitrogens is 4. The predicted octanol–water partition coefficient (Wildman–Crippen LogP) is 2.20. The largest absolute Gasteiger partial charge is 0.478 e. The minimum Gasteiger partial charge on any atom is -0.478 e. The molecule has 6 nitrogen and oxygen atoms in total. The lowest BCUT2D eigenvalue weighted by atomic mass is 10.2. The topological polar surface area (TPSA) is 80.9 Å². The first-order valence-electron chi connectivity index (χ1n) is 4.70. The quantitative estimate of drug-likeness (QED) is 0.690. The Hall–Kier alpha value is -1.92. The van der Waals surface area contributed by atoms with Gasteiger partial charge in [0.1, 0.15) is 16.6 Å². The molecule has 0 bridgehead atoms. The molecule has 18 heavy (non-hydrogen) atoms. The molecule has 1 N–H and O–H groups in total. The molecule has 0 amide bonds. The highest BCUT2D eigenvalue weighted by atomic mass is 35.5. The van der Waals surface area contributed by atoms with E-state index in [0.717, 1.165) is 6.08 Å². The number of carboxylic acids is 1. The Bertz CT molecular complexity index is 604. The summed E-state index contributed by atoms with van der Waals surface area (Å²) in [6.07, 6.45) is 3.59. The number of aliphatic carboxylic acids is 1. The number of rotatable bonds is 3. The maximum absolute atomic E-state index is 10.3. The third-order valence-electron chi connectivity index (χ3n) is 1.90. The molecule has 0 unspecified atom stereocenters. The maximum atomic E-state index is 10.3. The second-order valence-corrected chi connectivity index (χ2v) is 3.98. The molecule has 0 saturated carbocycles. The maximum Gasteiger partial charge on any atom is 0.329 e. The van der Waals surface area contributed by atoms with Crippen LogP contribution >= 0.6 is 23.2 Å². The Kier molecular flexibility index (Phi) is 3.59. The van der Waals surface area contributed by atoms with E-state index in [9.17, 15) is 4.79 Å². The normalized spacial score (nSPS) is 11.0. The van der Waals surface area contributed by atoms with Crippen LogP contribution in [0.2, 0.25) is 10.3 Å². The number of hydrogen-bond acceptors (Lipinski definition) is 4. The van der Waals surface area contributed by atoms with Gasteiger partial charge in [0.2, 0.25) is 0 Å². The van der Waals surface area contributed by atoms with Crippen molar-refractivity contribution in [3.05, 3.63) is 34.8 Å². The number of carbonyl (C=O) groups is 1. The Labute approximate surface area is 112 Å². The van der Waals surface area contributed by atoms with Crippen molar-refractivity contribution >= 4 is 35.4 Å². The molecule has 2 heterocycles. The van der Waals surface area contributed by atoms with Crippen molar-refractivity contribution < 1.29 is 9.90 Å². The van der Waals surface area contributed by atoms with E-state index in [0.29, 0.717) is 11.4 Å². The van der Waals surface area contributed by atoms with Crippen LogP contribution in [-0.4, -0.2) is 30.8 Å². The zero-order valence-corrected chi connectivity index (χ0v) is 10.3. The van der Waals surface area contributed by atoms with Gasteiger partial charge in [0.25, 0.3) is 0 Å². The molecule has 8 heteroatoms. The first-order chi connectivity index (χ1) is 8.54. The van der Waals surface area contributed by atoms with Gasteiger partial charge < -0.3 is 5.11 Å². The summed E-state index contributed by atoms with van der Waals surface area (Å²) in [5.74, 6) is -0.696. The molecule has 0 aliphatic carbocycles. The molecule has 0 atom stereocenters. The van der Waals surface area contributed by atoms with Gasteiger partial charge in [-0.1, -0.05) is 23.2 Å². The van der Waals surface area contributed by atoms with Gasteiger partial charge in [-0.25, -0.2) is 19.4 Å². The fourth-order valence-corrected chi connectivity index (χ4v) is 1.67. The predicted molar refractivity (Wildman–Crippen MR) is 66.2 cm³/mol. The van der Waals surface area contributed by atoms with Gasteiger partial charge in [0, 0.05) is 17.8 Å². The molecular formula is C10H6Cl2N4O2. The first kappa shape index (κ1) is 12.5. The van der Waals surface area contributed by atoms with Gasteiger partial charge in [0.05, 0.1) is 0 Å². The molecule has 2 rings (SSSR count). The third kappa shape index (κ3) is 3.06. The van der Waals surface area contributed by atoms with Crippen LogP contribution in [0.4, 0.5) is 0 Å². The van der Waals surface area contributed by atoms with Crippen molar-refractivity contribution in [1.82, 2.24) is 19.7 Å². The average Bonchev–Trinajstić information content (AvgIpc) is 2.73. The van der Waals surface area contributed by atoms with Gasteiger partial charge in [-0.15, -0.1) is 5.10 Å². The lowest BCUT2D eigenvalue weighted by molar-refractivity contribution is -0.131. The van der Waals surface area contributed by atoms with E-state index < -0.39 is 5.97 Å². The van der Waals surface area contributed by atoms with E-state index in [1.165, 1.54) is 17.2 Å². The second-order valence-electron chi connectivity index (χ2n) is 3.20. The van der Waals surface area contributed by atoms with E-state index in [2.05, 4.69) is 15.1 Å². The van der Waals surface area contributed by atoms with Crippen LogP contribution < -0.4 is 0 Å². The fraction of sp³-hybridized carbons (Fsp3) is 0. The van der Waals surface area contributed by atoms with Crippen LogP contribution in [0.25, 0.3) is 17.6 Å². The van der Waals surface area contributed by atoms with Crippen LogP contribution in [0.3, 0.4) is 0 Å². The molecule has 2 aromatic heterocycles. The van der Waals surface area contributed by atoms with Crippen molar-refractivity contribution in [2.75, 3.05) is 0 Å². The van der Waals surface area contributed by atoms with Crippen molar-refractivity contribution in [2.45, 2.75) is 0 Å². The summed E-state index contributed by atoms with van der Waals surface area (Å²) in [4.78, 5) is 18.2. The van der Waals surface area contributed by atoms with E-state index in [1.807, 2.05) is 0 Å². The molecule has 2 aromatic rings. The molecule has 0 aliphatic rings. The summed E-state index contributed by atoms with van der Waals surface area (Å²) < 4.78 is 1.27. The highest BCUT2D eigenvalue weighted by Gasteiger charge is 2.06. The van der Waals surface area contributed by atoms with Crippen LogP contribution in [0.1, 0.15) is 0 Å². The lowest BCUT2D eigenvalue weighted by Crippen LogP contribution is -1.92. The van der Waals surface area contributed by atoms with E-state index in [4.69, 9.17) is 28.3 Å². The van der Waals surface area contributed by atoms with Gasteiger partial charge in [-0.2, -0.15) is 0 Å². The van der Waals surface area contributed by atoms with Gasteiger partial charge in [-0.05, 0) is 12.1 Å². The summed E-state index contributed by atoms with van der Waals surface area (Å²) >= 11 is 11.5. The fourth-order valence-electron chi connectivity index (χ4n) is 1.21. The first-order valence-corrected chi connectivity index (χ1v) is 5.46. The zero-order chi connectivity index (χ0) is 13.1. The molecule has 92 valence electrons. The average molecular weight is 285 g/mol. The molecule has 0 spiro atoms. The monoisotopic (exact) mass is 284 g/mol. The Morgan fingerprint density at radius 2 is 2.00 bits per heavy atom. The van der Waals surface area contributed by atoms with Crippen LogP contribution in [0.5, 0.6) is 0 Å². The van der Waals surface area contributed by atoms with Gasteiger partial charge in [0.15, 0.2) is 5.82 Å². The van der Waals surface area contributed by atoms with Crippen LogP contribution in [-0.2, 0) is 4.79 Å². The Morgan fingerprint density at radius 3 is 2.61 bits per heavy atom. The summed E-state index contributed by atoms with van der Waals surface area (Å²) in [5, 5.41) is 13.0. The Balaban J connectivity index is 2.32. The van der Waals surface area contributed by atoms with E-state index in [-0.39, 0.29) is 10.3 Å². The second kappa shape index (κ2) is 5.16. The Morgan fingerprint density at radius 1 is 1.33 bits per heavy atom. The lowest BCUT2D eigenvalue weighted by Gasteiger charge is -1.97. The summed E-state index contributed by atoms with van der Waals surface area (Å²) in [7, 11) is 0. The van der Waals surface area contributed by atoms with Crippen LogP contribution in [0.15, 0.2) is 24.5 Å². The number of halogens is 2. The van der Waals surface area contributed by atoms with Crippen LogP contribution in [0, 0.1) is 0 Å². The van der Waals surface area contributed by atoms with Crippen molar-refractivity contribution in [1.29, 1.82) is 0 Å². The summed E-state index contributed by atoms with van der Waals surface area (Å²) in [5.41, 5.74) is 0.600.